The number of piperidine rings is 1. The van der Waals surface area contributed by atoms with Gasteiger partial charge in [-0.1, -0.05) is 24.3 Å². The van der Waals surface area contributed by atoms with Crippen molar-refractivity contribution in [2.75, 3.05) is 18.8 Å². The molecule has 2 aliphatic rings. The molecule has 1 N–H and O–H groups in total. The van der Waals surface area contributed by atoms with Crippen LogP contribution in [0.25, 0.3) is 0 Å². The number of benzene rings is 1. The number of hydrogen-bond acceptors (Lipinski definition) is 3. The highest BCUT2D eigenvalue weighted by molar-refractivity contribution is 7.89. The van der Waals surface area contributed by atoms with Crippen LogP contribution in [0, 0.1) is 0 Å². The van der Waals surface area contributed by atoms with Crippen LogP contribution in [0.2, 0.25) is 0 Å². The minimum Gasteiger partial charge on any atom is -0.310 e. The van der Waals surface area contributed by atoms with Crippen LogP contribution in [-0.2, 0) is 22.9 Å². The van der Waals surface area contributed by atoms with E-state index in [1.165, 1.54) is 11.1 Å². The van der Waals surface area contributed by atoms with Gasteiger partial charge in [0.15, 0.2) is 0 Å². The second kappa shape index (κ2) is 6.07. The Bertz CT molecular complexity index is 567. The third-order valence-electron chi connectivity index (χ3n) is 4.73. The molecule has 4 nitrogen and oxygen atoms in total. The van der Waals surface area contributed by atoms with Gasteiger partial charge in [0.1, 0.15) is 0 Å². The molecule has 0 spiro atoms. The predicted molar refractivity (Wildman–Crippen MR) is 84.8 cm³/mol. The Kier molecular flexibility index (Phi) is 4.33. The number of nitrogens with one attached hydrogen (secondary N) is 1. The fraction of sp³-hybridized carbons (Fsp3) is 0.625. The summed E-state index contributed by atoms with van der Waals surface area (Å²) in [5, 5.41) is 3.73. The number of nitrogens with zero attached hydrogens (tertiary/aromatic N) is 1. The summed E-state index contributed by atoms with van der Waals surface area (Å²) in [6.07, 6.45) is 4.05. The standard InChI is InChI=1S/C16H24N2O2S/c1-2-21(19,20)18-9-7-15(8-10-18)17-16-11-13-5-3-4-6-14(13)12-16/h3-6,15-17H,2,7-12H2,1H3. The van der Waals surface area contributed by atoms with Gasteiger partial charge >= 0.3 is 0 Å². The molecule has 0 amide bonds. The molecule has 1 aromatic carbocycles. The first-order valence-electron chi connectivity index (χ1n) is 7.89. The molecule has 0 atom stereocenters. The van der Waals surface area contributed by atoms with Gasteiger partial charge in [-0.25, -0.2) is 12.7 Å². The Labute approximate surface area is 127 Å². The van der Waals surface area contributed by atoms with Crippen molar-refractivity contribution >= 4 is 10.0 Å². The van der Waals surface area contributed by atoms with Gasteiger partial charge in [-0.2, -0.15) is 0 Å². The van der Waals surface area contributed by atoms with Crippen molar-refractivity contribution < 1.29 is 8.42 Å². The lowest BCUT2D eigenvalue weighted by Gasteiger charge is -2.33. The molecule has 0 unspecified atom stereocenters. The van der Waals surface area contributed by atoms with E-state index >= 15 is 0 Å². The summed E-state index contributed by atoms with van der Waals surface area (Å²) < 4.78 is 25.4. The van der Waals surface area contributed by atoms with Gasteiger partial charge < -0.3 is 5.32 Å². The maximum absolute atomic E-state index is 11.9. The fourth-order valence-corrected chi connectivity index (χ4v) is 4.63. The van der Waals surface area contributed by atoms with Crippen LogP contribution >= 0.6 is 0 Å². The molecule has 0 radical (unpaired) electrons. The van der Waals surface area contributed by atoms with Crippen molar-refractivity contribution in [2.24, 2.45) is 0 Å². The van der Waals surface area contributed by atoms with E-state index in [-0.39, 0.29) is 5.75 Å². The summed E-state index contributed by atoms with van der Waals surface area (Å²) >= 11 is 0. The number of sulfonamides is 1. The molecule has 1 aliphatic carbocycles. The molecule has 1 heterocycles. The largest absolute Gasteiger partial charge is 0.310 e. The van der Waals surface area contributed by atoms with Gasteiger partial charge in [-0.3, -0.25) is 0 Å². The fourth-order valence-electron chi connectivity index (χ4n) is 3.49. The third-order valence-corrected chi connectivity index (χ3v) is 6.62. The molecule has 116 valence electrons. The summed E-state index contributed by atoms with van der Waals surface area (Å²) in [4.78, 5) is 0. The number of fused-ring (bicyclic) bond motifs is 1. The topological polar surface area (TPSA) is 49.4 Å². The molecule has 21 heavy (non-hydrogen) atoms. The first kappa shape index (κ1) is 15.0. The van der Waals surface area contributed by atoms with Gasteiger partial charge in [0, 0.05) is 25.2 Å². The van der Waals surface area contributed by atoms with Crippen molar-refractivity contribution in [2.45, 2.75) is 44.7 Å². The Morgan fingerprint density at radius 2 is 1.67 bits per heavy atom. The third kappa shape index (κ3) is 3.30. The molecule has 0 bridgehead atoms. The normalized spacial score (nSPS) is 21.6. The SMILES string of the molecule is CCS(=O)(=O)N1CCC(NC2Cc3ccccc3C2)CC1. The molecule has 3 rings (SSSR count). The van der Waals surface area contributed by atoms with E-state index in [1.54, 1.807) is 11.2 Å². The Hall–Kier alpha value is -0.910. The van der Waals surface area contributed by atoms with Crippen molar-refractivity contribution in [1.29, 1.82) is 0 Å². The zero-order valence-corrected chi connectivity index (χ0v) is 13.4. The van der Waals surface area contributed by atoms with Crippen LogP contribution in [0.5, 0.6) is 0 Å². The lowest BCUT2D eigenvalue weighted by molar-refractivity contribution is 0.274. The molecule has 1 saturated heterocycles. The van der Waals surface area contributed by atoms with Gasteiger partial charge in [0.2, 0.25) is 10.0 Å². The maximum atomic E-state index is 11.9. The Morgan fingerprint density at radius 1 is 1.10 bits per heavy atom. The number of rotatable bonds is 4. The first-order valence-corrected chi connectivity index (χ1v) is 9.50. The molecule has 5 heteroatoms. The average Bonchev–Trinajstić information content (AvgIpc) is 2.90. The zero-order valence-electron chi connectivity index (χ0n) is 12.6. The van der Waals surface area contributed by atoms with Gasteiger partial charge in [-0.05, 0) is 43.7 Å². The summed E-state index contributed by atoms with van der Waals surface area (Å²) in [6.45, 7) is 3.04. The average molecular weight is 308 g/mol. The Morgan fingerprint density at radius 3 is 2.19 bits per heavy atom. The number of hydrogen-bond donors (Lipinski definition) is 1. The maximum Gasteiger partial charge on any atom is 0.213 e. The second-order valence-electron chi connectivity index (χ2n) is 6.11. The van der Waals surface area contributed by atoms with Crippen molar-refractivity contribution in [3.63, 3.8) is 0 Å². The minimum atomic E-state index is -3.01. The van der Waals surface area contributed by atoms with E-state index in [9.17, 15) is 8.42 Å². The lowest BCUT2D eigenvalue weighted by atomic mass is 10.0. The highest BCUT2D eigenvalue weighted by Crippen LogP contribution is 2.23. The van der Waals surface area contributed by atoms with Gasteiger partial charge in [0.25, 0.3) is 0 Å². The summed E-state index contributed by atoms with van der Waals surface area (Å²) in [5.41, 5.74) is 2.92. The monoisotopic (exact) mass is 308 g/mol. The lowest BCUT2D eigenvalue weighted by Crippen LogP contribution is -2.48. The van der Waals surface area contributed by atoms with Crippen molar-refractivity contribution in [1.82, 2.24) is 9.62 Å². The molecule has 1 aliphatic heterocycles. The predicted octanol–water partition coefficient (Wildman–Crippen LogP) is 1.56. The zero-order chi connectivity index (χ0) is 14.9. The van der Waals surface area contributed by atoms with Crippen molar-refractivity contribution in [3.05, 3.63) is 35.4 Å². The van der Waals surface area contributed by atoms with Crippen LogP contribution in [0.4, 0.5) is 0 Å². The van der Waals surface area contributed by atoms with Crippen LogP contribution in [0.3, 0.4) is 0 Å². The summed E-state index contributed by atoms with van der Waals surface area (Å²) in [5.74, 6) is 0.211. The van der Waals surface area contributed by atoms with Crippen LogP contribution in [0.1, 0.15) is 30.9 Å². The molecular formula is C16H24N2O2S. The smallest absolute Gasteiger partial charge is 0.213 e. The van der Waals surface area contributed by atoms with Gasteiger partial charge in [0.05, 0.1) is 5.75 Å². The van der Waals surface area contributed by atoms with Crippen LogP contribution < -0.4 is 5.32 Å². The molecule has 0 aromatic heterocycles. The molecule has 1 fully saturated rings. The summed E-state index contributed by atoms with van der Waals surface area (Å²) in [6, 6.07) is 9.61. The second-order valence-corrected chi connectivity index (χ2v) is 8.37. The molecule has 1 aromatic rings. The van der Waals surface area contributed by atoms with E-state index in [1.807, 2.05) is 0 Å². The minimum absolute atomic E-state index is 0.211. The Balaban J connectivity index is 1.51. The van der Waals surface area contributed by atoms with Crippen molar-refractivity contribution in [3.8, 4) is 0 Å². The quantitative estimate of drug-likeness (QED) is 0.918. The van der Waals surface area contributed by atoms with E-state index < -0.39 is 10.0 Å². The van der Waals surface area contributed by atoms with Gasteiger partial charge in [-0.15, -0.1) is 0 Å². The highest BCUT2D eigenvalue weighted by Gasteiger charge is 2.29. The summed E-state index contributed by atoms with van der Waals surface area (Å²) in [7, 11) is -3.01. The van der Waals surface area contributed by atoms with E-state index in [2.05, 4.69) is 29.6 Å². The first-order chi connectivity index (χ1) is 10.1. The van der Waals surface area contributed by atoms with Crippen LogP contribution in [-0.4, -0.2) is 43.6 Å². The highest BCUT2D eigenvalue weighted by atomic mass is 32.2. The van der Waals surface area contributed by atoms with E-state index in [0.717, 1.165) is 25.7 Å². The van der Waals surface area contributed by atoms with E-state index in [0.29, 0.717) is 25.2 Å². The van der Waals surface area contributed by atoms with E-state index in [4.69, 9.17) is 0 Å². The molecular weight excluding hydrogens is 284 g/mol. The molecule has 0 saturated carbocycles. The van der Waals surface area contributed by atoms with Crippen LogP contribution in [0.15, 0.2) is 24.3 Å².